The molecule has 2 rings (SSSR count). The van der Waals surface area contributed by atoms with Crippen LogP contribution in [0.1, 0.15) is 51.2 Å². The van der Waals surface area contributed by atoms with E-state index in [9.17, 15) is 18.0 Å². The van der Waals surface area contributed by atoms with Gasteiger partial charge in [-0.05, 0) is 42.9 Å². The lowest BCUT2D eigenvalue weighted by molar-refractivity contribution is -0.138. The van der Waals surface area contributed by atoms with Crippen molar-refractivity contribution < 1.29 is 18.0 Å². The first kappa shape index (κ1) is 27.4. The minimum Gasteiger partial charge on any atom is -0.354 e. The van der Waals surface area contributed by atoms with Gasteiger partial charge in [-0.15, -0.1) is 0 Å². The van der Waals surface area contributed by atoms with Crippen molar-refractivity contribution in [3.63, 3.8) is 0 Å². The number of para-hydroxylation sites is 1. The van der Waals surface area contributed by atoms with Crippen molar-refractivity contribution in [3.8, 4) is 0 Å². The van der Waals surface area contributed by atoms with Crippen LogP contribution in [0.3, 0.4) is 0 Å². The smallest absolute Gasteiger partial charge is 0.244 e. The molecule has 34 heavy (non-hydrogen) atoms. The summed E-state index contributed by atoms with van der Waals surface area (Å²) < 4.78 is 26.7. The molecule has 2 amide bonds. The quantitative estimate of drug-likeness (QED) is 0.496. The summed E-state index contributed by atoms with van der Waals surface area (Å²) in [6.07, 6.45) is 2.44. The minimum atomic E-state index is -3.74. The zero-order valence-corrected chi connectivity index (χ0v) is 21.6. The Bertz CT molecular complexity index is 1050. The fourth-order valence-electron chi connectivity index (χ4n) is 3.76. The molecule has 0 fully saturated rings. The lowest BCUT2D eigenvalue weighted by Gasteiger charge is -2.32. The number of benzene rings is 2. The molecule has 0 spiro atoms. The summed E-state index contributed by atoms with van der Waals surface area (Å²) in [5.74, 6) is -0.598. The van der Waals surface area contributed by atoms with Gasteiger partial charge in [0.15, 0.2) is 0 Å². The van der Waals surface area contributed by atoms with Crippen LogP contribution in [0.5, 0.6) is 0 Å². The van der Waals surface area contributed by atoms with E-state index in [0.29, 0.717) is 25.2 Å². The third-order valence-electron chi connectivity index (χ3n) is 5.71. The van der Waals surface area contributed by atoms with Gasteiger partial charge in [0, 0.05) is 13.1 Å². The van der Waals surface area contributed by atoms with E-state index in [1.54, 1.807) is 19.1 Å². The van der Waals surface area contributed by atoms with Crippen molar-refractivity contribution in [1.29, 1.82) is 0 Å². The molecular weight excluding hydrogens is 450 g/mol. The third kappa shape index (κ3) is 7.58. The van der Waals surface area contributed by atoms with Gasteiger partial charge in [-0.1, -0.05) is 69.3 Å². The highest BCUT2D eigenvalue weighted by molar-refractivity contribution is 7.92. The van der Waals surface area contributed by atoms with Crippen molar-refractivity contribution in [2.45, 2.75) is 52.5 Å². The van der Waals surface area contributed by atoms with E-state index < -0.39 is 22.0 Å². The third-order valence-corrected chi connectivity index (χ3v) is 6.83. The van der Waals surface area contributed by atoms with Gasteiger partial charge in [0.05, 0.1) is 11.9 Å². The Morgan fingerprint density at radius 1 is 0.971 bits per heavy atom. The van der Waals surface area contributed by atoms with E-state index in [0.717, 1.165) is 28.1 Å². The van der Waals surface area contributed by atoms with Crippen LogP contribution >= 0.6 is 0 Å². The van der Waals surface area contributed by atoms with Crippen LogP contribution in [0.2, 0.25) is 0 Å². The predicted molar refractivity (Wildman–Crippen MR) is 137 cm³/mol. The molecule has 0 aliphatic heterocycles. The summed E-state index contributed by atoms with van der Waals surface area (Å²) in [7, 11) is -3.74. The molecule has 0 aromatic heterocycles. The topological polar surface area (TPSA) is 86.8 Å². The fourth-order valence-corrected chi connectivity index (χ4v) is 4.63. The number of nitrogens with one attached hydrogen (secondary N) is 1. The van der Waals surface area contributed by atoms with Crippen molar-refractivity contribution in [2.24, 2.45) is 0 Å². The molecule has 0 saturated carbocycles. The maximum absolute atomic E-state index is 13.5. The van der Waals surface area contributed by atoms with Gasteiger partial charge in [-0.2, -0.15) is 0 Å². The zero-order chi connectivity index (χ0) is 25.3. The molecule has 0 aliphatic carbocycles. The standard InChI is InChI=1S/C26H37N3O4S/c1-6-17-27-26(31)21(4)28(18-16-22-12-8-7-9-13-22)25(30)19-29(34(5,32)33)24-15-11-10-14-23(24)20(2)3/h7-15,20-21H,6,16-19H2,1-5H3,(H,27,31). The van der Waals surface area contributed by atoms with Gasteiger partial charge < -0.3 is 10.2 Å². The molecule has 8 heteroatoms. The molecule has 1 atom stereocenters. The van der Waals surface area contributed by atoms with E-state index in [1.165, 1.54) is 4.90 Å². The van der Waals surface area contributed by atoms with Crippen LogP contribution in [0.4, 0.5) is 5.69 Å². The number of anilines is 1. The maximum Gasteiger partial charge on any atom is 0.244 e. The Labute approximate surface area is 204 Å². The first-order valence-corrected chi connectivity index (χ1v) is 13.6. The summed E-state index contributed by atoms with van der Waals surface area (Å²) in [5.41, 5.74) is 2.36. The van der Waals surface area contributed by atoms with Crippen molar-refractivity contribution in [2.75, 3.05) is 30.2 Å². The molecule has 186 valence electrons. The highest BCUT2D eigenvalue weighted by Crippen LogP contribution is 2.29. The van der Waals surface area contributed by atoms with Gasteiger partial charge in [0.1, 0.15) is 12.6 Å². The number of amides is 2. The Morgan fingerprint density at radius 3 is 2.18 bits per heavy atom. The van der Waals surface area contributed by atoms with Crippen molar-refractivity contribution in [3.05, 3.63) is 65.7 Å². The molecule has 7 nitrogen and oxygen atoms in total. The van der Waals surface area contributed by atoms with Crippen LogP contribution < -0.4 is 9.62 Å². The maximum atomic E-state index is 13.5. The number of rotatable bonds is 12. The molecule has 0 aliphatic rings. The van der Waals surface area contributed by atoms with Crippen LogP contribution in [0, 0.1) is 0 Å². The highest BCUT2D eigenvalue weighted by atomic mass is 32.2. The van der Waals surface area contributed by atoms with Crippen molar-refractivity contribution in [1.82, 2.24) is 10.2 Å². The molecule has 0 saturated heterocycles. The summed E-state index contributed by atoms with van der Waals surface area (Å²) in [6, 6.07) is 16.2. The number of hydrogen-bond donors (Lipinski definition) is 1. The second kappa shape index (κ2) is 12.6. The molecule has 2 aromatic carbocycles. The Morgan fingerprint density at radius 2 is 1.59 bits per heavy atom. The van der Waals surface area contributed by atoms with E-state index in [-0.39, 0.29) is 18.4 Å². The van der Waals surface area contributed by atoms with Crippen molar-refractivity contribution >= 4 is 27.5 Å². The SMILES string of the molecule is CCCNC(=O)C(C)N(CCc1ccccc1)C(=O)CN(c1ccccc1C(C)C)S(C)(=O)=O. The second-order valence-electron chi connectivity index (χ2n) is 8.77. The number of nitrogens with zero attached hydrogens (tertiary/aromatic N) is 2. The lowest BCUT2D eigenvalue weighted by atomic mass is 10.0. The Hall–Kier alpha value is -2.87. The molecule has 1 unspecified atom stereocenters. The van der Waals surface area contributed by atoms with Crippen LogP contribution in [0.25, 0.3) is 0 Å². The van der Waals surface area contributed by atoms with Crippen LogP contribution in [0.15, 0.2) is 54.6 Å². The zero-order valence-electron chi connectivity index (χ0n) is 20.8. The second-order valence-corrected chi connectivity index (χ2v) is 10.7. The largest absolute Gasteiger partial charge is 0.354 e. The Balaban J connectivity index is 2.36. The van der Waals surface area contributed by atoms with Gasteiger partial charge in [0.25, 0.3) is 0 Å². The summed E-state index contributed by atoms with van der Waals surface area (Å²) in [4.78, 5) is 27.7. The van der Waals surface area contributed by atoms with Crippen LogP contribution in [-0.2, 0) is 26.0 Å². The molecule has 0 heterocycles. The lowest BCUT2D eigenvalue weighted by Crippen LogP contribution is -2.52. The van der Waals surface area contributed by atoms with E-state index >= 15 is 0 Å². The molecular formula is C26H37N3O4S. The van der Waals surface area contributed by atoms with Gasteiger partial charge >= 0.3 is 0 Å². The van der Waals surface area contributed by atoms with E-state index in [4.69, 9.17) is 0 Å². The van der Waals surface area contributed by atoms with Crippen LogP contribution in [-0.4, -0.2) is 57.1 Å². The molecule has 0 radical (unpaired) electrons. The average molecular weight is 488 g/mol. The van der Waals surface area contributed by atoms with Gasteiger partial charge in [-0.3, -0.25) is 13.9 Å². The molecule has 2 aromatic rings. The summed E-state index contributed by atoms with van der Waals surface area (Å²) >= 11 is 0. The molecule has 1 N–H and O–H groups in total. The normalized spacial score (nSPS) is 12.3. The van der Waals surface area contributed by atoms with Gasteiger partial charge in [0.2, 0.25) is 21.8 Å². The monoisotopic (exact) mass is 487 g/mol. The first-order valence-electron chi connectivity index (χ1n) is 11.7. The summed E-state index contributed by atoms with van der Waals surface area (Å²) in [6.45, 7) is 8.04. The number of hydrogen-bond acceptors (Lipinski definition) is 4. The minimum absolute atomic E-state index is 0.0727. The number of sulfonamides is 1. The predicted octanol–water partition coefficient (Wildman–Crippen LogP) is 3.56. The highest BCUT2D eigenvalue weighted by Gasteiger charge is 2.30. The number of carbonyl (C=O) groups excluding carboxylic acids is 2. The van der Waals surface area contributed by atoms with Gasteiger partial charge in [-0.25, -0.2) is 8.42 Å². The van der Waals surface area contributed by atoms with E-state index in [1.807, 2.05) is 63.2 Å². The fraction of sp³-hybridized carbons (Fsp3) is 0.462. The average Bonchev–Trinajstić information content (AvgIpc) is 2.80. The Kier molecular flexibility index (Phi) is 10.1. The van der Waals surface area contributed by atoms with E-state index in [2.05, 4.69) is 5.32 Å². The summed E-state index contributed by atoms with van der Waals surface area (Å²) in [5, 5.41) is 2.84. The number of carbonyl (C=O) groups is 2. The molecule has 0 bridgehead atoms. The first-order chi connectivity index (χ1) is 16.1.